The van der Waals surface area contributed by atoms with Crippen LogP contribution in [-0.4, -0.2) is 37.4 Å². The van der Waals surface area contributed by atoms with Crippen molar-refractivity contribution in [2.75, 3.05) is 26.5 Å². The first-order valence-electron chi connectivity index (χ1n) is 11.0. The number of fused-ring (bicyclic) bond motifs is 1. The number of aromatic amines is 1. The molecular weight excluding hydrogens is 451 g/mol. The first-order valence-corrected chi connectivity index (χ1v) is 12.0. The Balaban J connectivity index is 1.52. The predicted octanol–water partition coefficient (Wildman–Crippen LogP) is 5.75. The third-order valence-corrected chi connectivity index (χ3v) is 6.73. The minimum Gasteiger partial charge on any atom is -0.493 e. The van der Waals surface area contributed by atoms with E-state index in [9.17, 15) is 9.18 Å². The zero-order valence-electron chi connectivity index (χ0n) is 19.1. The molecule has 0 aliphatic rings. The summed E-state index contributed by atoms with van der Waals surface area (Å²) in [6.45, 7) is 0.408. The van der Waals surface area contributed by atoms with Crippen molar-refractivity contribution in [2.24, 2.45) is 0 Å². The van der Waals surface area contributed by atoms with Crippen LogP contribution in [0.25, 0.3) is 10.9 Å². The molecule has 0 saturated heterocycles. The van der Waals surface area contributed by atoms with Crippen molar-refractivity contribution in [1.29, 1.82) is 0 Å². The number of hydrogen-bond acceptors (Lipinski definition) is 4. The lowest BCUT2D eigenvalue weighted by Crippen LogP contribution is -2.29. The first-order chi connectivity index (χ1) is 16.6. The molecule has 7 heteroatoms. The third kappa shape index (κ3) is 5.37. The number of halogens is 1. The molecule has 0 bridgehead atoms. The molecule has 4 aromatic rings. The van der Waals surface area contributed by atoms with Gasteiger partial charge in [-0.3, -0.25) is 4.79 Å². The number of hydrogen-bond donors (Lipinski definition) is 2. The highest BCUT2D eigenvalue weighted by molar-refractivity contribution is 7.99. The third-order valence-electron chi connectivity index (χ3n) is 5.72. The Morgan fingerprint density at radius 3 is 2.56 bits per heavy atom. The number of H-pyrrole nitrogens is 1. The van der Waals surface area contributed by atoms with Crippen molar-refractivity contribution in [3.63, 3.8) is 0 Å². The molecule has 1 heterocycles. The van der Waals surface area contributed by atoms with Crippen molar-refractivity contribution in [3.05, 3.63) is 89.9 Å². The number of amides is 1. The minimum absolute atomic E-state index is 0.0404. The van der Waals surface area contributed by atoms with E-state index in [1.165, 1.54) is 23.9 Å². The van der Waals surface area contributed by atoms with Crippen LogP contribution in [0.2, 0.25) is 0 Å². The van der Waals surface area contributed by atoms with E-state index in [1.54, 1.807) is 26.4 Å². The second-order valence-electron chi connectivity index (χ2n) is 7.78. The zero-order chi connectivity index (χ0) is 23.9. The summed E-state index contributed by atoms with van der Waals surface area (Å²) < 4.78 is 24.3. The van der Waals surface area contributed by atoms with Gasteiger partial charge in [0.1, 0.15) is 5.82 Å². The normalized spacial score (nSPS) is 11.9. The van der Waals surface area contributed by atoms with Crippen molar-refractivity contribution >= 4 is 28.6 Å². The standard InChI is InChI=1S/C27H27FN2O3S/c1-32-25-9-5-7-21(27(25)33-2)23(22-16-29-24-8-4-3-6-20(22)24)17-30-26(31)14-15-34-19-12-10-18(28)11-13-19/h3-13,16,23,29H,14-15,17H2,1-2H3,(H,30,31). The molecule has 1 aromatic heterocycles. The van der Waals surface area contributed by atoms with E-state index in [-0.39, 0.29) is 17.6 Å². The molecule has 0 saturated carbocycles. The molecule has 0 fully saturated rings. The van der Waals surface area contributed by atoms with E-state index in [1.807, 2.05) is 42.6 Å². The number of rotatable bonds is 10. The lowest BCUT2D eigenvalue weighted by molar-refractivity contribution is -0.120. The summed E-state index contributed by atoms with van der Waals surface area (Å²) in [4.78, 5) is 17.0. The van der Waals surface area contributed by atoms with Gasteiger partial charge in [-0.1, -0.05) is 30.3 Å². The highest BCUT2D eigenvalue weighted by Gasteiger charge is 2.24. The smallest absolute Gasteiger partial charge is 0.220 e. The Kier molecular flexibility index (Phi) is 7.75. The Morgan fingerprint density at radius 2 is 1.79 bits per heavy atom. The van der Waals surface area contributed by atoms with Gasteiger partial charge in [0.05, 0.1) is 14.2 Å². The Hall–Kier alpha value is -3.45. The second-order valence-corrected chi connectivity index (χ2v) is 8.95. The van der Waals surface area contributed by atoms with Gasteiger partial charge in [0.25, 0.3) is 0 Å². The highest BCUT2D eigenvalue weighted by atomic mass is 32.2. The maximum Gasteiger partial charge on any atom is 0.220 e. The Morgan fingerprint density at radius 1 is 1.00 bits per heavy atom. The minimum atomic E-state index is -0.265. The molecule has 3 aromatic carbocycles. The zero-order valence-corrected chi connectivity index (χ0v) is 20.0. The number of nitrogens with one attached hydrogen (secondary N) is 2. The molecular formula is C27H27FN2O3S. The Bertz CT molecular complexity index is 1260. The summed E-state index contributed by atoms with van der Waals surface area (Å²) in [5, 5.41) is 4.19. The number of benzene rings is 3. The molecule has 0 spiro atoms. The molecule has 1 unspecified atom stereocenters. The van der Waals surface area contributed by atoms with Crippen LogP contribution in [-0.2, 0) is 4.79 Å². The molecule has 5 nitrogen and oxygen atoms in total. The maximum atomic E-state index is 13.1. The van der Waals surface area contributed by atoms with Crippen LogP contribution >= 0.6 is 11.8 Å². The number of thioether (sulfide) groups is 1. The van der Waals surface area contributed by atoms with Gasteiger partial charge in [-0.2, -0.15) is 0 Å². The second kappa shape index (κ2) is 11.1. The van der Waals surface area contributed by atoms with Gasteiger partial charge in [-0.05, 0) is 42.0 Å². The molecule has 34 heavy (non-hydrogen) atoms. The monoisotopic (exact) mass is 478 g/mol. The van der Waals surface area contributed by atoms with E-state index in [4.69, 9.17) is 9.47 Å². The lowest BCUT2D eigenvalue weighted by Gasteiger charge is -2.22. The molecule has 0 radical (unpaired) electrons. The van der Waals surface area contributed by atoms with Gasteiger partial charge in [0.2, 0.25) is 5.91 Å². The van der Waals surface area contributed by atoms with Crippen LogP contribution in [0.3, 0.4) is 0 Å². The molecule has 0 aliphatic heterocycles. The molecule has 1 amide bonds. The number of aromatic nitrogens is 1. The molecule has 176 valence electrons. The van der Waals surface area contributed by atoms with Crippen LogP contribution in [0.1, 0.15) is 23.5 Å². The summed E-state index contributed by atoms with van der Waals surface area (Å²) in [5.74, 6) is 1.46. The number of carbonyl (C=O) groups is 1. The number of ether oxygens (including phenoxy) is 2. The fraction of sp³-hybridized carbons (Fsp3) is 0.222. The summed E-state index contributed by atoms with van der Waals surface area (Å²) >= 11 is 1.53. The van der Waals surface area contributed by atoms with E-state index in [2.05, 4.69) is 16.4 Å². The molecule has 0 aliphatic carbocycles. The van der Waals surface area contributed by atoms with E-state index < -0.39 is 0 Å². The fourth-order valence-corrected chi connectivity index (χ4v) is 4.90. The van der Waals surface area contributed by atoms with Crippen molar-refractivity contribution < 1.29 is 18.7 Å². The number of carbonyl (C=O) groups excluding carboxylic acids is 1. The lowest BCUT2D eigenvalue weighted by atomic mass is 9.89. The van der Waals surface area contributed by atoms with E-state index in [0.29, 0.717) is 30.2 Å². The average molecular weight is 479 g/mol. The maximum absolute atomic E-state index is 13.1. The van der Waals surface area contributed by atoms with Gasteiger partial charge in [-0.25, -0.2) is 4.39 Å². The molecule has 1 atom stereocenters. The van der Waals surface area contributed by atoms with Crippen LogP contribution in [0.4, 0.5) is 4.39 Å². The fourth-order valence-electron chi connectivity index (χ4n) is 4.05. The van der Waals surface area contributed by atoms with Crippen LogP contribution in [0, 0.1) is 5.82 Å². The molecule has 2 N–H and O–H groups in total. The van der Waals surface area contributed by atoms with Crippen LogP contribution in [0.5, 0.6) is 11.5 Å². The topological polar surface area (TPSA) is 63.3 Å². The summed E-state index contributed by atoms with van der Waals surface area (Å²) in [7, 11) is 3.24. The van der Waals surface area contributed by atoms with Gasteiger partial charge in [0, 0.05) is 52.2 Å². The predicted molar refractivity (Wildman–Crippen MR) is 134 cm³/mol. The largest absolute Gasteiger partial charge is 0.493 e. The van der Waals surface area contributed by atoms with Gasteiger partial charge < -0.3 is 19.8 Å². The van der Waals surface area contributed by atoms with Crippen molar-refractivity contribution in [3.8, 4) is 11.5 Å². The summed E-state index contributed by atoms with van der Waals surface area (Å²) in [5.41, 5.74) is 3.04. The van der Waals surface area contributed by atoms with Gasteiger partial charge in [0.15, 0.2) is 11.5 Å². The summed E-state index contributed by atoms with van der Waals surface area (Å²) in [6, 6.07) is 20.2. The SMILES string of the molecule is COc1cccc(C(CNC(=O)CCSc2ccc(F)cc2)c2c[nH]c3ccccc23)c1OC. The molecule has 4 rings (SSSR count). The quantitative estimate of drug-likeness (QED) is 0.285. The average Bonchev–Trinajstić information content (AvgIpc) is 3.29. The number of para-hydroxylation sites is 2. The van der Waals surface area contributed by atoms with E-state index >= 15 is 0 Å². The van der Waals surface area contributed by atoms with Crippen molar-refractivity contribution in [2.45, 2.75) is 17.2 Å². The van der Waals surface area contributed by atoms with E-state index in [0.717, 1.165) is 26.9 Å². The van der Waals surface area contributed by atoms with Crippen LogP contribution in [0.15, 0.2) is 77.8 Å². The van der Waals surface area contributed by atoms with Crippen molar-refractivity contribution in [1.82, 2.24) is 10.3 Å². The Labute approximate surface area is 202 Å². The number of methoxy groups -OCH3 is 2. The first kappa shape index (κ1) is 23.7. The summed E-state index contributed by atoms with van der Waals surface area (Å²) in [6.07, 6.45) is 2.35. The van der Waals surface area contributed by atoms with Crippen LogP contribution < -0.4 is 14.8 Å². The van der Waals surface area contributed by atoms with Gasteiger partial charge in [-0.15, -0.1) is 11.8 Å². The highest BCUT2D eigenvalue weighted by Crippen LogP contribution is 2.40. The van der Waals surface area contributed by atoms with Gasteiger partial charge >= 0.3 is 0 Å².